The number of amides is 2. The quantitative estimate of drug-likeness (QED) is 0.864. The van der Waals surface area contributed by atoms with Gasteiger partial charge in [0.05, 0.1) is 18.1 Å². The van der Waals surface area contributed by atoms with Gasteiger partial charge in [-0.05, 0) is 24.3 Å². The number of anilines is 2. The highest BCUT2D eigenvalue weighted by molar-refractivity contribution is 6.01. The van der Waals surface area contributed by atoms with Crippen LogP contribution in [0.2, 0.25) is 0 Å². The average Bonchev–Trinajstić information content (AvgIpc) is 2.84. The van der Waals surface area contributed by atoms with Crippen LogP contribution in [0.15, 0.2) is 41.1 Å². The molecule has 0 unspecified atom stereocenters. The van der Waals surface area contributed by atoms with E-state index in [-0.39, 0.29) is 17.6 Å². The Bertz CT molecular complexity index is 546. The Balaban J connectivity index is 2.02. The highest BCUT2D eigenvalue weighted by Crippen LogP contribution is 2.11. The van der Waals surface area contributed by atoms with Gasteiger partial charge in [0, 0.05) is 6.92 Å². The van der Waals surface area contributed by atoms with Gasteiger partial charge >= 0.3 is 0 Å². The summed E-state index contributed by atoms with van der Waals surface area (Å²) in [7, 11) is 0. The minimum absolute atomic E-state index is 0.177. The van der Waals surface area contributed by atoms with Crippen molar-refractivity contribution in [2.75, 3.05) is 10.6 Å². The highest BCUT2D eigenvalue weighted by atomic mass is 16.3. The fraction of sp³-hybridized carbons (Fsp3) is 0.0833. The lowest BCUT2D eigenvalue weighted by molar-refractivity contribution is -0.114. The van der Waals surface area contributed by atoms with E-state index in [0.717, 1.165) is 0 Å². The van der Waals surface area contributed by atoms with E-state index in [1.165, 1.54) is 19.4 Å². The summed E-state index contributed by atoms with van der Waals surface area (Å²) in [6.07, 6.45) is 2.88. The van der Waals surface area contributed by atoms with Crippen LogP contribution >= 0.6 is 0 Å². The first-order valence-corrected chi connectivity index (χ1v) is 5.23. The van der Waals surface area contributed by atoms with Crippen LogP contribution < -0.4 is 10.6 Å². The van der Waals surface area contributed by atoms with Crippen LogP contribution in [0.25, 0.3) is 0 Å². The molecule has 0 radical (unpaired) electrons. The number of hydrogen-bond acceptors (Lipinski definition) is 4. The summed E-state index contributed by atoms with van der Waals surface area (Å²) in [5.74, 6) is 0.0391. The Morgan fingerprint density at radius 3 is 2.61 bits per heavy atom. The van der Waals surface area contributed by atoms with Gasteiger partial charge in [0.25, 0.3) is 5.91 Å². The summed E-state index contributed by atoms with van der Waals surface area (Å²) >= 11 is 0. The van der Waals surface area contributed by atoms with E-state index in [0.29, 0.717) is 11.5 Å². The summed E-state index contributed by atoms with van der Waals surface area (Å²) in [5, 5.41) is 5.15. The van der Waals surface area contributed by atoms with Gasteiger partial charge in [-0.1, -0.05) is 0 Å². The molecule has 0 atom stereocenters. The van der Waals surface area contributed by atoms with Crippen LogP contribution in [0.4, 0.5) is 11.5 Å². The maximum Gasteiger partial charge on any atom is 0.292 e. The van der Waals surface area contributed by atoms with Crippen molar-refractivity contribution in [2.45, 2.75) is 6.92 Å². The highest BCUT2D eigenvalue weighted by Gasteiger charge is 2.09. The topological polar surface area (TPSA) is 84.2 Å². The molecule has 0 aliphatic rings. The van der Waals surface area contributed by atoms with E-state index in [1.807, 2.05) is 0 Å². The second-order valence-electron chi connectivity index (χ2n) is 3.54. The summed E-state index contributed by atoms with van der Waals surface area (Å²) in [6, 6.07) is 6.42. The molecular formula is C12H11N3O3. The molecule has 6 nitrogen and oxygen atoms in total. The van der Waals surface area contributed by atoms with E-state index in [1.54, 1.807) is 24.3 Å². The third-order valence-corrected chi connectivity index (χ3v) is 2.07. The van der Waals surface area contributed by atoms with Gasteiger partial charge in [-0.2, -0.15) is 0 Å². The zero-order chi connectivity index (χ0) is 13.0. The van der Waals surface area contributed by atoms with Crippen molar-refractivity contribution < 1.29 is 14.0 Å². The van der Waals surface area contributed by atoms with Crippen LogP contribution in [-0.4, -0.2) is 16.8 Å². The number of hydrogen-bond donors (Lipinski definition) is 2. The number of nitrogens with zero attached hydrogens (tertiary/aromatic N) is 1. The molecule has 92 valence electrons. The second kappa shape index (κ2) is 5.13. The molecule has 2 aromatic rings. The van der Waals surface area contributed by atoms with E-state index in [9.17, 15) is 9.59 Å². The SMILES string of the molecule is CC(=O)Nc1ccc(NC(=O)c2ccco2)nc1. The molecule has 0 saturated carbocycles. The standard InChI is InChI=1S/C12H11N3O3/c1-8(16)14-9-4-5-11(13-7-9)15-12(17)10-3-2-6-18-10/h2-7H,1H3,(H,14,16)(H,13,15,17). The van der Waals surface area contributed by atoms with Gasteiger partial charge in [0.15, 0.2) is 5.76 Å². The van der Waals surface area contributed by atoms with Crippen molar-refractivity contribution in [2.24, 2.45) is 0 Å². The van der Waals surface area contributed by atoms with Gasteiger partial charge in [-0.3, -0.25) is 9.59 Å². The molecule has 2 amide bonds. The Kier molecular flexibility index (Phi) is 3.38. The molecule has 2 rings (SSSR count). The van der Waals surface area contributed by atoms with Crippen molar-refractivity contribution in [3.63, 3.8) is 0 Å². The van der Waals surface area contributed by atoms with Crippen molar-refractivity contribution in [3.05, 3.63) is 42.5 Å². The molecule has 2 N–H and O–H groups in total. The fourth-order valence-electron chi connectivity index (χ4n) is 1.33. The largest absolute Gasteiger partial charge is 0.459 e. The van der Waals surface area contributed by atoms with Gasteiger partial charge in [-0.15, -0.1) is 0 Å². The van der Waals surface area contributed by atoms with E-state index >= 15 is 0 Å². The van der Waals surface area contributed by atoms with Crippen molar-refractivity contribution >= 4 is 23.3 Å². The molecule has 0 bridgehead atoms. The molecule has 18 heavy (non-hydrogen) atoms. The second-order valence-corrected chi connectivity index (χ2v) is 3.54. The number of nitrogens with one attached hydrogen (secondary N) is 2. The maximum absolute atomic E-state index is 11.6. The minimum atomic E-state index is -0.375. The fourth-order valence-corrected chi connectivity index (χ4v) is 1.33. The van der Waals surface area contributed by atoms with Gasteiger partial charge < -0.3 is 15.1 Å². The zero-order valence-corrected chi connectivity index (χ0v) is 9.64. The van der Waals surface area contributed by atoms with Gasteiger partial charge in [0.1, 0.15) is 5.82 Å². The van der Waals surface area contributed by atoms with Crippen LogP contribution in [0.3, 0.4) is 0 Å². The first-order chi connectivity index (χ1) is 8.65. The Morgan fingerprint density at radius 1 is 1.22 bits per heavy atom. The lowest BCUT2D eigenvalue weighted by Crippen LogP contribution is -2.12. The van der Waals surface area contributed by atoms with Crippen LogP contribution in [0.5, 0.6) is 0 Å². The Morgan fingerprint density at radius 2 is 2.06 bits per heavy atom. The number of pyridine rings is 1. The Labute approximate surface area is 103 Å². The third-order valence-electron chi connectivity index (χ3n) is 2.07. The smallest absolute Gasteiger partial charge is 0.292 e. The minimum Gasteiger partial charge on any atom is -0.459 e. The summed E-state index contributed by atoms with van der Waals surface area (Å²) in [6.45, 7) is 1.41. The summed E-state index contributed by atoms with van der Waals surface area (Å²) in [4.78, 5) is 26.4. The van der Waals surface area contributed by atoms with Crippen molar-refractivity contribution in [3.8, 4) is 0 Å². The molecule has 0 spiro atoms. The molecule has 2 aromatic heterocycles. The first-order valence-electron chi connectivity index (χ1n) is 5.23. The Hall–Kier alpha value is -2.63. The first kappa shape index (κ1) is 11.8. The van der Waals surface area contributed by atoms with E-state index in [2.05, 4.69) is 15.6 Å². The van der Waals surface area contributed by atoms with E-state index < -0.39 is 0 Å². The molecular weight excluding hydrogens is 234 g/mol. The van der Waals surface area contributed by atoms with Gasteiger partial charge in [-0.25, -0.2) is 4.98 Å². The molecule has 0 aliphatic heterocycles. The van der Waals surface area contributed by atoms with E-state index in [4.69, 9.17) is 4.42 Å². The number of carbonyl (C=O) groups is 2. The predicted octanol–water partition coefficient (Wildman–Crippen LogP) is 1.89. The van der Waals surface area contributed by atoms with Crippen LogP contribution in [0.1, 0.15) is 17.5 Å². The maximum atomic E-state index is 11.6. The lowest BCUT2D eigenvalue weighted by atomic mass is 10.3. The zero-order valence-electron chi connectivity index (χ0n) is 9.64. The summed E-state index contributed by atoms with van der Waals surface area (Å²) in [5.41, 5.74) is 0.568. The van der Waals surface area contributed by atoms with Crippen molar-refractivity contribution in [1.82, 2.24) is 4.98 Å². The van der Waals surface area contributed by atoms with Gasteiger partial charge in [0.2, 0.25) is 5.91 Å². The molecule has 0 fully saturated rings. The number of furan rings is 1. The average molecular weight is 245 g/mol. The monoisotopic (exact) mass is 245 g/mol. The third kappa shape index (κ3) is 2.94. The number of carbonyl (C=O) groups excluding carboxylic acids is 2. The molecule has 6 heteroatoms. The van der Waals surface area contributed by atoms with Crippen LogP contribution in [0, 0.1) is 0 Å². The molecule has 2 heterocycles. The number of aromatic nitrogens is 1. The van der Waals surface area contributed by atoms with Crippen LogP contribution in [-0.2, 0) is 4.79 Å². The number of rotatable bonds is 3. The van der Waals surface area contributed by atoms with Crippen molar-refractivity contribution in [1.29, 1.82) is 0 Å². The molecule has 0 saturated heterocycles. The normalized spacial score (nSPS) is 9.83. The lowest BCUT2D eigenvalue weighted by Gasteiger charge is -2.04. The predicted molar refractivity (Wildman–Crippen MR) is 65.2 cm³/mol. The summed E-state index contributed by atoms with van der Waals surface area (Å²) < 4.78 is 4.95. The molecule has 0 aromatic carbocycles. The molecule has 0 aliphatic carbocycles.